The van der Waals surface area contributed by atoms with E-state index in [1.807, 2.05) is 32.6 Å². The van der Waals surface area contributed by atoms with Gasteiger partial charge in [-0.1, -0.05) is 73.5 Å². The first-order valence-corrected chi connectivity index (χ1v) is 11.7. The first-order valence-electron chi connectivity index (χ1n) is 11.7. The zero-order valence-corrected chi connectivity index (χ0v) is 19.8. The average molecular weight is 425 g/mol. The summed E-state index contributed by atoms with van der Waals surface area (Å²) in [4.78, 5) is 16.6. The highest BCUT2D eigenvalue weighted by Crippen LogP contribution is 2.13. The van der Waals surface area contributed by atoms with Crippen LogP contribution in [-0.4, -0.2) is 41.1 Å². The molecule has 0 radical (unpaired) electrons. The normalized spacial score (nSPS) is 11.5. The molecule has 31 heavy (non-hydrogen) atoms. The Morgan fingerprint density at radius 3 is 1.71 bits per heavy atom. The number of benzene rings is 2. The van der Waals surface area contributed by atoms with E-state index in [1.54, 1.807) is 0 Å². The maximum atomic E-state index is 12.2. The molecule has 170 valence electrons. The van der Waals surface area contributed by atoms with Crippen molar-refractivity contribution in [3.05, 3.63) is 71.8 Å². The van der Waals surface area contributed by atoms with E-state index in [4.69, 9.17) is 4.74 Å². The number of unbranched alkanes of at least 4 members (excludes halogenated alkanes) is 3. The largest absolute Gasteiger partial charge is 0.444 e. The fourth-order valence-corrected chi connectivity index (χ4v) is 3.59. The SMILES string of the molecule is CCN(CCCCCCN(Cc1ccccc1)Cc1ccccc1)C(=O)OC(C)(C)C. The number of ether oxygens (including phenoxy) is 1. The summed E-state index contributed by atoms with van der Waals surface area (Å²) in [6.07, 6.45) is 4.28. The number of rotatable bonds is 12. The molecule has 0 unspecified atom stereocenters. The monoisotopic (exact) mass is 424 g/mol. The molecule has 2 rings (SSSR count). The summed E-state index contributed by atoms with van der Waals surface area (Å²) >= 11 is 0. The van der Waals surface area contributed by atoms with Gasteiger partial charge in [0, 0.05) is 26.2 Å². The molecule has 0 atom stereocenters. The molecule has 0 fully saturated rings. The smallest absolute Gasteiger partial charge is 0.410 e. The molecule has 0 bridgehead atoms. The molecule has 2 aromatic carbocycles. The quantitative estimate of drug-likeness (QED) is 0.364. The number of nitrogens with zero attached hydrogens (tertiary/aromatic N) is 2. The zero-order chi connectivity index (χ0) is 22.5. The first kappa shape index (κ1) is 24.9. The Labute approximate surface area is 189 Å². The summed E-state index contributed by atoms with van der Waals surface area (Å²) in [6, 6.07) is 21.4. The minimum Gasteiger partial charge on any atom is -0.444 e. The summed E-state index contributed by atoms with van der Waals surface area (Å²) in [5, 5.41) is 0. The number of amides is 1. The summed E-state index contributed by atoms with van der Waals surface area (Å²) in [7, 11) is 0. The maximum Gasteiger partial charge on any atom is 0.410 e. The highest BCUT2D eigenvalue weighted by atomic mass is 16.6. The second kappa shape index (κ2) is 13.2. The lowest BCUT2D eigenvalue weighted by atomic mass is 10.1. The Bertz CT molecular complexity index is 699. The van der Waals surface area contributed by atoms with Gasteiger partial charge in [-0.25, -0.2) is 4.79 Å². The Balaban J connectivity index is 1.75. The van der Waals surface area contributed by atoms with E-state index >= 15 is 0 Å². The molecule has 0 saturated carbocycles. The van der Waals surface area contributed by atoms with Crippen molar-refractivity contribution in [2.45, 2.75) is 72.1 Å². The highest BCUT2D eigenvalue weighted by molar-refractivity contribution is 5.68. The second-order valence-electron chi connectivity index (χ2n) is 9.16. The van der Waals surface area contributed by atoms with Crippen molar-refractivity contribution in [1.82, 2.24) is 9.80 Å². The predicted octanol–water partition coefficient (Wildman–Crippen LogP) is 6.51. The van der Waals surface area contributed by atoms with Crippen molar-refractivity contribution in [3.8, 4) is 0 Å². The van der Waals surface area contributed by atoms with Crippen molar-refractivity contribution < 1.29 is 9.53 Å². The molecule has 0 aliphatic rings. The van der Waals surface area contributed by atoms with Gasteiger partial charge in [0.2, 0.25) is 0 Å². The van der Waals surface area contributed by atoms with Gasteiger partial charge in [-0.05, 0) is 58.2 Å². The molecule has 4 nitrogen and oxygen atoms in total. The van der Waals surface area contributed by atoms with Crippen LogP contribution in [0.3, 0.4) is 0 Å². The molecule has 2 aromatic rings. The topological polar surface area (TPSA) is 32.8 Å². The van der Waals surface area contributed by atoms with Gasteiger partial charge in [-0.2, -0.15) is 0 Å². The standard InChI is InChI=1S/C27H40N2O2/c1-5-29(26(30)31-27(2,3)4)21-15-7-6-14-20-28(22-24-16-10-8-11-17-24)23-25-18-12-9-13-19-25/h8-13,16-19H,5-7,14-15,20-23H2,1-4H3. The fraction of sp³-hybridized carbons (Fsp3) is 0.519. The van der Waals surface area contributed by atoms with Crippen molar-refractivity contribution in [3.63, 3.8) is 0 Å². The minimum absolute atomic E-state index is 0.202. The molecular weight excluding hydrogens is 384 g/mol. The number of hydrogen-bond donors (Lipinski definition) is 0. The number of carbonyl (C=O) groups is 1. The van der Waals surface area contributed by atoms with Gasteiger partial charge in [0.15, 0.2) is 0 Å². The van der Waals surface area contributed by atoms with Crippen LogP contribution in [0.2, 0.25) is 0 Å². The third-order valence-corrected chi connectivity index (χ3v) is 5.18. The molecule has 0 aliphatic carbocycles. The summed E-state index contributed by atoms with van der Waals surface area (Å²) in [5.74, 6) is 0. The summed E-state index contributed by atoms with van der Waals surface area (Å²) < 4.78 is 5.49. The van der Waals surface area contributed by atoms with Crippen LogP contribution in [-0.2, 0) is 17.8 Å². The molecule has 0 heterocycles. The highest BCUT2D eigenvalue weighted by Gasteiger charge is 2.20. The second-order valence-corrected chi connectivity index (χ2v) is 9.16. The van der Waals surface area contributed by atoms with Crippen LogP contribution in [0.15, 0.2) is 60.7 Å². The van der Waals surface area contributed by atoms with Gasteiger partial charge in [0.25, 0.3) is 0 Å². The van der Waals surface area contributed by atoms with E-state index in [1.165, 1.54) is 17.5 Å². The lowest BCUT2D eigenvalue weighted by Gasteiger charge is -2.26. The van der Waals surface area contributed by atoms with Gasteiger partial charge in [-0.15, -0.1) is 0 Å². The molecular formula is C27H40N2O2. The van der Waals surface area contributed by atoms with Crippen LogP contribution in [0.4, 0.5) is 4.79 Å². The van der Waals surface area contributed by atoms with Gasteiger partial charge >= 0.3 is 6.09 Å². The van der Waals surface area contributed by atoms with E-state index in [-0.39, 0.29) is 6.09 Å². The third kappa shape index (κ3) is 10.5. The third-order valence-electron chi connectivity index (χ3n) is 5.18. The molecule has 4 heteroatoms. The van der Waals surface area contributed by atoms with Crippen molar-refractivity contribution in [2.24, 2.45) is 0 Å². The van der Waals surface area contributed by atoms with Crippen LogP contribution in [0.5, 0.6) is 0 Å². The minimum atomic E-state index is -0.439. The van der Waals surface area contributed by atoms with Crippen molar-refractivity contribution in [2.75, 3.05) is 19.6 Å². The van der Waals surface area contributed by atoms with Crippen molar-refractivity contribution >= 4 is 6.09 Å². The Kier molecular flexibility index (Phi) is 10.6. The number of hydrogen-bond acceptors (Lipinski definition) is 3. The van der Waals surface area contributed by atoms with E-state index < -0.39 is 5.60 Å². The predicted molar refractivity (Wildman–Crippen MR) is 129 cm³/mol. The lowest BCUT2D eigenvalue weighted by molar-refractivity contribution is 0.0257. The Hall–Kier alpha value is -2.33. The van der Waals surface area contributed by atoms with Gasteiger partial charge in [0.05, 0.1) is 0 Å². The molecule has 0 aromatic heterocycles. The van der Waals surface area contributed by atoms with E-state index in [0.717, 1.165) is 45.4 Å². The summed E-state index contributed by atoms with van der Waals surface area (Å²) in [5.41, 5.74) is 2.27. The van der Waals surface area contributed by atoms with E-state index in [2.05, 4.69) is 65.6 Å². The molecule has 0 saturated heterocycles. The molecule has 1 amide bonds. The zero-order valence-electron chi connectivity index (χ0n) is 19.8. The Morgan fingerprint density at radius 1 is 0.774 bits per heavy atom. The first-order chi connectivity index (χ1) is 14.9. The van der Waals surface area contributed by atoms with Crippen LogP contribution < -0.4 is 0 Å². The molecule has 0 spiro atoms. The van der Waals surface area contributed by atoms with Crippen LogP contribution in [0.1, 0.15) is 64.5 Å². The van der Waals surface area contributed by atoms with E-state index in [9.17, 15) is 4.79 Å². The van der Waals surface area contributed by atoms with Gasteiger partial charge in [-0.3, -0.25) is 4.90 Å². The fourth-order valence-electron chi connectivity index (χ4n) is 3.59. The van der Waals surface area contributed by atoms with Crippen molar-refractivity contribution in [1.29, 1.82) is 0 Å². The summed E-state index contributed by atoms with van der Waals surface area (Å²) in [6.45, 7) is 12.2. The van der Waals surface area contributed by atoms with Gasteiger partial charge < -0.3 is 9.64 Å². The number of carbonyl (C=O) groups excluding carboxylic acids is 1. The maximum absolute atomic E-state index is 12.2. The molecule has 0 aliphatic heterocycles. The van der Waals surface area contributed by atoms with Gasteiger partial charge in [0.1, 0.15) is 5.60 Å². The van der Waals surface area contributed by atoms with E-state index in [0.29, 0.717) is 6.54 Å². The van der Waals surface area contributed by atoms with Crippen LogP contribution in [0, 0.1) is 0 Å². The average Bonchev–Trinajstić information content (AvgIpc) is 2.73. The Morgan fingerprint density at radius 2 is 1.26 bits per heavy atom. The van der Waals surface area contributed by atoms with Crippen LogP contribution >= 0.6 is 0 Å². The van der Waals surface area contributed by atoms with Crippen LogP contribution in [0.25, 0.3) is 0 Å². The molecule has 0 N–H and O–H groups in total. The lowest BCUT2D eigenvalue weighted by Crippen LogP contribution is -2.37.